The zero-order chi connectivity index (χ0) is 18.9. The van der Waals surface area contributed by atoms with Crippen molar-refractivity contribution in [1.82, 2.24) is 24.8 Å². The molecule has 5 heterocycles. The third-order valence-electron chi connectivity index (χ3n) is 5.07. The maximum Gasteiger partial charge on any atom is 0.410 e. The molecule has 3 aromatic rings. The number of nitrogens with one attached hydrogen (secondary N) is 1. The summed E-state index contributed by atoms with van der Waals surface area (Å²) in [5.41, 5.74) is 2.72. The standard InChI is InChI=1S/C19H20N6O3/c26-19(28-13-11-27-12-13)25-8-6-24(7-9-25)16-2-5-22-17-14(16)10-15(23-17)18-20-3-1-4-21-18/h1-5,10,13H,6-9,11-12H2,(H,22,23). The molecule has 2 saturated heterocycles. The first-order chi connectivity index (χ1) is 13.8. The van der Waals surface area contributed by atoms with Gasteiger partial charge < -0.3 is 24.3 Å². The quantitative estimate of drug-likeness (QED) is 0.738. The summed E-state index contributed by atoms with van der Waals surface area (Å²) < 4.78 is 10.5. The number of hydrogen-bond donors (Lipinski definition) is 1. The van der Waals surface area contributed by atoms with Gasteiger partial charge in [0, 0.05) is 55.8 Å². The van der Waals surface area contributed by atoms with Crippen LogP contribution in [-0.2, 0) is 9.47 Å². The van der Waals surface area contributed by atoms with Crippen molar-refractivity contribution in [3.05, 3.63) is 36.8 Å². The lowest BCUT2D eigenvalue weighted by Crippen LogP contribution is -2.51. The topological polar surface area (TPSA) is 96.5 Å². The summed E-state index contributed by atoms with van der Waals surface area (Å²) in [5.74, 6) is 0.638. The molecule has 28 heavy (non-hydrogen) atoms. The molecule has 0 aliphatic carbocycles. The van der Waals surface area contributed by atoms with Gasteiger partial charge in [0.15, 0.2) is 11.9 Å². The number of pyridine rings is 1. The van der Waals surface area contributed by atoms with Gasteiger partial charge in [-0.25, -0.2) is 19.7 Å². The first kappa shape index (κ1) is 16.9. The van der Waals surface area contributed by atoms with Gasteiger partial charge in [-0.1, -0.05) is 0 Å². The van der Waals surface area contributed by atoms with Crippen LogP contribution in [0.1, 0.15) is 0 Å². The van der Waals surface area contributed by atoms with Gasteiger partial charge in [-0.05, 0) is 18.2 Å². The maximum absolute atomic E-state index is 12.2. The number of anilines is 1. The van der Waals surface area contributed by atoms with E-state index in [-0.39, 0.29) is 12.2 Å². The molecule has 2 aliphatic heterocycles. The number of H-pyrrole nitrogens is 1. The highest BCUT2D eigenvalue weighted by Crippen LogP contribution is 2.29. The van der Waals surface area contributed by atoms with E-state index in [1.807, 2.05) is 12.1 Å². The van der Waals surface area contributed by atoms with Crippen molar-refractivity contribution in [3.63, 3.8) is 0 Å². The fourth-order valence-corrected chi connectivity index (χ4v) is 3.48. The minimum Gasteiger partial charge on any atom is -0.441 e. The Morgan fingerprint density at radius 2 is 1.89 bits per heavy atom. The molecule has 0 spiro atoms. The number of hydrogen-bond acceptors (Lipinski definition) is 7. The average Bonchev–Trinajstić information content (AvgIpc) is 3.16. The van der Waals surface area contributed by atoms with Gasteiger partial charge in [0.1, 0.15) is 5.65 Å². The van der Waals surface area contributed by atoms with E-state index in [2.05, 4.69) is 24.8 Å². The Bertz CT molecular complexity index is 980. The molecule has 0 bridgehead atoms. The molecule has 3 aromatic heterocycles. The fourth-order valence-electron chi connectivity index (χ4n) is 3.48. The summed E-state index contributed by atoms with van der Waals surface area (Å²) in [7, 11) is 0. The molecule has 0 atom stereocenters. The van der Waals surface area contributed by atoms with Crippen molar-refractivity contribution in [2.45, 2.75) is 6.10 Å². The summed E-state index contributed by atoms with van der Waals surface area (Å²) in [4.78, 5) is 32.6. The van der Waals surface area contributed by atoms with Crippen molar-refractivity contribution >= 4 is 22.8 Å². The van der Waals surface area contributed by atoms with Crippen LogP contribution in [0.3, 0.4) is 0 Å². The Labute approximate surface area is 161 Å². The van der Waals surface area contributed by atoms with E-state index >= 15 is 0 Å². The molecule has 1 amide bonds. The normalized spacial score (nSPS) is 17.6. The molecule has 2 aliphatic rings. The minimum absolute atomic E-state index is 0.0937. The summed E-state index contributed by atoms with van der Waals surface area (Å²) in [6.07, 6.45) is 4.88. The molecular formula is C19H20N6O3. The van der Waals surface area contributed by atoms with E-state index in [1.54, 1.807) is 29.6 Å². The predicted molar refractivity (Wildman–Crippen MR) is 102 cm³/mol. The number of fused-ring (bicyclic) bond motifs is 1. The van der Waals surface area contributed by atoms with Crippen molar-refractivity contribution in [1.29, 1.82) is 0 Å². The van der Waals surface area contributed by atoms with Crippen LogP contribution in [0.2, 0.25) is 0 Å². The van der Waals surface area contributed by atoms with Crippen LogP contribution in [0.5, 0.6) is 0 Å². The lowest BCUT2D eigenvalue weighted by Gasteiger charge is -2.37. The number of nitrogens with zero attached hydrogens (tertiary/aromatic N) is 5. The van der Waals surface area contributed by atoms with E-state index in [4.69, 9.17) is 9.47 Å². The lowest BCUT2D eigenvalue weighted by molar-refractivity contribution is -0.104. The number of aromatic amines is 1. The zero-order valence-corrected chi connectivity index (χ0v) is 15.2. The van der Waals surface area contributed by atoms with Gasteiger partial charge in [-0.3, -0.25) is 0 Å². The van der Waals surface area contributed by atoms with Crippen LogP contribution >= 0.6 is 0 Å². The van der Waals surface area contributed by atoms with Crippen LogP contribution in [0.4, 0.5) is 10.5 Å². The molecule has 1 N–H and O–H groups in total. The third kappa shape index (κ3) is 3.13. The molecule has 0 aromatic carbocycles. The average molecular weight is 380 g/mol. The van der Waals surface area contributed by atoms with Crippen LogP contribution in [0.15, 0.2) is 36.8 Å². The van der Waals surface area contributed by atoms with Gasteiger partial charge in [0.25, 0.3) is 0 Å². The predicted octanol–water partition coefficient (Wildman–Crippen LogP) is 1.68. The Balaban J connectivity index is 1.32. The SMILES string of the molecule is O=C(OC1COC1)N1CCN(c2ccnc3[nH]c(-c4ncccn4)cc23)CC1. The van der Waals surface area contributed by atoms with E-state index < -0.39 is 0 Å². The first-order valence-electron chi connectivity index (χ1n) is 9.31. The summed E-state index contributed by atoms with van der Waals surface area (Å²) in [6.45, 7) is 3.71. The second-order valence-corrected chi connectivity index (χ2v) is 6.87. The first-order valence-corrected chi connectivity index (χ1v) is 9.31. The van der Waals surface area contributed by atoms with Crippen molar-refractivity contribution in [3.8, 4) is 11.5 Å². The molecule has 144 valence electrons. The number of rotatable bonds is 3. The van der Waals surface area contributed by atoms with Gasteiger partial charge in [-0.15, -0.1) is 0 Å². The fraction of sp³-hybridized carbons (Fsp3) is 0.368. The molecule has 2 fully saturated rings. The highest BCUT2D eigenvalue weighted by molar-refractivity contribution is 5.93. The van der Waals surface area contributed by atoms with E-state index in [1.165, 1.54) is 0 Å². The number of amides is 1. The number of carbonyl (C=O) groups is 1. The van der Waals surface area contributed by atoms with Crippen molar-refractivity contribution in [2.24, 2.45) is 0 Å². The summed E-state index contributed by atoms with van der Waals surface area (Å²) >= 11 is 0. The molecular weight excluding hydrogens is 360 g/mol. The van der Waals surface area contributed by atoms with Crippen molar-refractivity contribution in [2.75, 3.05) is 44.3 Å². The largest absolute Gasteiger partial charge is 0.441 e. The molecule has 9 nitrogen and oxygen atoms in total. The summed E-state index contributed by atoms with van der Waals surface area (Å²) in [5, 5.41) is 1.02. The second kappa shape index (κ2) is 7.08. The van der Waals surface area contributed by atoms with Gasteiger partial charge in [0.05, 0.1) is 18.9 Å². The van der Waals surface area contributed by atoms with E-state index in [0.29, 0.717) is 32.1 Å². The molecule has 5 rings (SSSR count). The number of ether oxygens (including phenoxy) is 2. The number of carbonyl (C=O) groups excluding carboxylic acids is 1. The Morgan fingerprint density at radius 1 is 1.11 bits per heavy atom. The maximum atomic E-state index is 12.2. The Hall–Kier alpha value is -3.20. The van der Waals surface area contributed by atoms with Gasteiger partial charge in [0.2, 0.25) is 0 Å². The Kier molecular flexibility index (Phi) is 4.28. The lowest BCUT2D eigenvalue weighted by atomic mass is 10.2. The third-order valence-corrected chi connectivity index (χ3v) is 5.07. The monoisotopic (exact) mass is 380 g/mol. The number of piperazine rings is 1. The van der Waals surface area contributed by atoms with Gasteiger partial charge >= 0.3 is 6.09 Å². The van der Waals surface area contributed by atoms with Crippen LogP contribution in [-0.4, -0.2) is 76.4 Å². The highest BCUT2D eigenvalue weighted by atomic mass is 16.6. The summed E-state index contributed by atoms with van der Waals surface area (Å²) in [6, 6.07) is 5.83. The van der Waals surface area contributed by atoms with Crippen LogP contribution < -0.4 is 4.90 Å². The molecule has 0 unspecified atom stereocenters. The van der Waals surface area contributed by atoms with E-state index in [0.717, 1.165) is 35.5 Å². The van der Waals surface area contributed by atoms with E-state index in [9.17, 15) is 4.79 Å². The molecule has 0 saturated carbocycles. The van der Waals surface area contributed by atoms with Crippen molar-refractivity contribution < 1.29 is 14.3 Å². The highest BCUT2D eigenvalue weighted by Gasteiger charge is 2.28. The van der Waals surface area contributed by atoms with Crippen LogP contribution in [0, 0.1) is 0 Å². The second-order valence-electron chi connectivity index (χ2n) is 6.87. The molecule has 0 radical (unpaired) electrons. The smallest absolute Gasteiger partial charge is 0.410 e. The van der Waals surface area contributed by atoms with Crippen LogP contribution in [0.25, 0.3) is 22.6 Å². The molecule has 9 heteroatoms. The van der Waals surface area contributed by atoms with Gasteiger partial charge in [-0.2, -0.15) is 0 Å². The Morgan fingerprint density at radius 3 is 2.61 bits per heavy atom. The minimum atomic E-state index is -0.252. The zero-order valence-electron chi connectivity index (χ0n) is 15.2. The number of aromatic nitrogens is 4.